The number of carbonyl (C=O) groups excluding carboxylic acids is 3. The largest absolute Gasteiger partial charge is 0.474 e. The monoisotopic (exact) mass is 698 g/mol. The van der Waals surface area contributed by atoms with Crippen LogP contribution in [0, 0.1) is 5.82 Å². The summed E-state index contributed by atoms with van der Waals surface area (Å²) < 4.78 is 50.8. The Labute approximate surface area is 276 Å². The molecule has 0 spiro atoms. The van der Waals surface area contributed by atoms with Crippen molar-refractivity contribution in [1.29, 1.82) is 0 Å². The lowest BCUT2D eigenvalue weighted by Gasteiger charge is -2.31. The van der Waals surface area contributed by atoms with Gasteiger partial charge < -0.3 is 19.9 Å². The molecule has 0 saturated heterocycles. The average Bonchev–Trinajstić information content (AvgIpc) is 3.53. The molecule has 0 aliphatic heterocycles. The Morgan fingerprint density at radius 2 is 1.79 bits per heavy atom. The summed E-state index contributed by atoms with van der Waals surface area (Å²) >= 11 is 6.08. The van der Waals surface area contributed by atoms with E-state index in [4.69, 9.17) is 25.4 Å². The van der Waals surface area contributed by atoms with Crippen molar-refractivity contribution in [2.45, 2.75) is 32.4 Å². The molecule has 0 bridgehead atoms. The van der Waals surface area contributed by atoms with Crippen molar-refractivity contribution in [3.05, 3.63) is 71.0 Å². The quantitative estimate of drug-likeness (QED) is 0.0788. The molecule has 47 heavy (non-hydrogen) atoms. The van der Waals surface area contributed by atoms with Crippen LogP contribution in [0.15, 0.2) is 59.1 Å². The zero-order valence-corrected chi connectivity index (χ0v) is 27.6. The minimum atomic E-state index is -3.66. The van der Waals surface area contributed by atoms with Crippen LogP contribution < -0.4 is 21.4 Å². The Hall–Kier alpha value is -4.05. The fourth-order valence-corrected chi connectivity index (χ4v) is 5.00. The second-order valence-corrected chi connectivity index (χ2v) is 12.0. The van der Waals surface area contributed by atoms with E-state index in [0.29, 0.717) is 17.7 Å². The molecule has 3 aromatic rings. The van der Waals surface area contributed by atoms with E-state index < -0.39 is 37.7 Å². The number of anilines is 1. The number of benzene rings is 2. The molecule has 0 fully saturated rings. The molecule has 18 heteroatoms. The normalized spacial score (nSPS) is 11.9. The number of nitrogens with one attached hydrogen (secondary N) is 4. The first-order valence-corrected chi connectivity index (χ1v) is 16.2. The summed E-state index contributed by atoms with van der Waals surface area (Å²) in [5.74, 6) is -0.966. The first kappa shape index (κ1) is 37.4. The van der Waals surface area contributed by atoms with Gasteiger partial charge in [0.2, 0.25) is 11.8 Å². The van der Waals surface area contributed by atoms with Crippen LogP contribution in [0.25, 0.3) is 11.3 Å². The highest BCUT2D eigenvalue weighted by Gasteiger charge is 2.24. The van der Waals surface area contributed by atoms with Gasteiger partial charge in [0.25, 0.3) is 0 Å². The van der Waals surface area contributed by atoms with Crippen LogP contribution in [-0.2, 0) is 34.2 Å². The van der Waals surface area contributed by atoms with E-state index in [9.17, 15) is 23.3 Å². The highest BCUT2D eigenvalue weighted by atomic mass is 35.5. The number of rotatable bonds is 18. The molecule has 15 nitrogen and oxygen atoms in total. The van der Waals surface area contributed by atoms with Gasteiger partial charge >= 0.3 is 19.9 Å². The standard InChI is InChI=1S/C29H37ClFN6O9P/c1-20(38)37(34-18-22-11-7-13-24(31)27(22)30)23(12-8-14-32-28(39)33-15-16-45-47(41,42-2)43-3)19-44-29(40)35-26-17-25(36-46-26)21-9-5-4-6-10-21/h4-7,9-11,13,17,23,34H,8,12,14-16,18-19H2,1-3H3,(H,35,40)(H2,32,33,39)/t23-/m0/s1. The predicted octanol–water partition coefficient (Wildman–Crippen LogP) is 5.10. The fraction of sp³-hybridized carbons (Fsp3) is 0.379. The maximum atomic E-state index is 14.0. The zero-order valence-electron chi connectivity index (χ0n) is 26.0. The number of amides is 4. The lowest BCUT2D eigenvalue weighted by molar-refractivity contribution is -0.136. The Balaban J connectivity index is 1.57. The van der Waals surface area contributed by atoms with E-state index in [-0.39, 0.29) is 50.2 Å². The maximum absolute atomic E-state index is 14.0. The van der Waals surface area contributed by atoms with Crippen LogP contribution >= 0.6 is 19.4 Å². The highest BCUT2D eigenvalue weighted by Crippen LogP contribution is 2.47. The van der Waals surface area contributed by atoms with Gasteiger partial charge in [-0.15, -0.1) is 0 Å². The van der Waals surface area contributed by atoms with Gasteiger partial charge in [-0.2, -0.15) is 0 Å². The molecular weight excluding hydrogens is 662 g/mol. The molecule has 1 atom stereocenters. The summed E-state index contributed by atoms with van der Waals surface area (Å²) in [6, 6.07) is 13.8. The van der Waals surface area contributed by atoms with Crippen LogP contribution in [0.5, 0.6) is 0 Å². The van der Waals surface area contributed by atoms with E-state index >= 15 is 0 Å². The Kier molecular flexibility index (Phi) is 15.1. The molecule has 3 rings (SSSR count). The minimum Gasteiger partial charge on any atom is -0.447 e. The highest BCUT2D eigenvalue weighted by molar-refractivity contribution is 7.48. The summed E-state index contributed by atoms with van der Waals surface area (Å²) in [5, 5.41) is 12.8. The molecule has 256 valence electrons. The van der Waals surface area contributed by atoms with Crippen LogP contribution in [0.1, 0.15) is 25.3 Å². The van der Waals surface area contributed by atoms with E-state index in [1.54, 1.807) is 6.07 Å². The van der Waals surface area contributed by atoms with Crippen molar-refractivity contribution in [3.63, 3.8) is 0 Å². The van der Waals surface area contributed by atoms with Crippen molar-refractivity contribution < 1.29 is 46.2 Å². The first-order chi connectivity index (χ1) is 22.5. The molecule has 1 heterocycles. The third-order valence-electron chi connectivity index (χ3n) is 6.47. The Morgan fingerprint density at radius 1 is 1.06 bits per heavy atom. The topological polar surface area (TPSA) is 183 Å². The third kappa shape index (κ3) is 12.2. The van der Waals surface area contributed by atoms with Crippen molar-refractivity contribution in [3.8, 4) is 11.3 Å². The number of halogens is 2. The maximum Gasteiger partial charge on any atom is 0.474 e. The molecule has 4 N–H and O–H groups in total. The van der Waals surface area contributed by atoms with Gasteiger partial charge in [-0.25, -0.2) is 24.0 Å². The van der Waals surface area contributed by atoms with Gasteiger partial charge in [-0.1, -0.05) is 59.2 Å². The lowest BCUT2D eigenvalue weighted by Crippen LogP contribution is -2.50. The van der Waals surface area contributed by atoms with Gasteiger partial charge in [-0.3, -0.25) is 28.7 Å². The van der Waals surface area contributed by atoms with Crippen LogP contribution in [0.3, 0.4) is 0 Å². The van der Waals surface area contributed by atoms with Gasteiger partial charge in [-0.05, 0) is 24.5 Å². The zero-order chi connectivity index (χ0) is 34.2. The molecule has 0 saturated carbocycles. The van der Waals surface area contributed by atoms with Crippen molar-refractivity contribution in [2.24, 2.45) is 0 Å². The second-order valence-electron chi connectivity index (χ2n) is 9.73. The molecule has 4 amide bonds. The average molecular weight is 699 g/mol. The van der Waals surface area contributed by atoms with Gasteiger partial charge in [0.15, 0.2) is 0 Å². The van der Waals surface area contributed by atoms with Crippen LogP contribution in [0.4, 0.5) is 19.9 Å². The van der Waals surface area contributed by atoms with Crippen LogP contribution in [0.2, 0.25) is 5.02 Å². The smallest absolute Gasteiger partial charge is 0.447 e. The number of carbonyl (C=O) groups is 3. The number of phosphoric acid groups is 1. The minimum absolute atomic E-state index is 0.000990. The first-order valence-electron chi connectivity index (χ1n) is 14.3. The van der Waals surface area contributed by atoms with E-state index in [1.807, 2.05) is 30.3 Å². The molecule has 1 aromatic heterocycles. The number of urea groups is 1. The van der Waals surface area contributed by atoms with Crippen molar-refractivity contribution in [1.82, 2.24) is 26.2 Å². The second kappa shape index (κ2) is 18.9. The number of phosphoric ester groups is 1. The molecular formula is C29H37ClFN6O9P. The molecule has 2 aromatic carbocycles. The molecule has 0 aliphatic carbocycles. The summed E-state index contributed by atoms with van der Waals surface area (Å²) in [5.41, 5.74) is 4.65. The lowest BCUT2D eigenvalue weighted by atomic mass is 10.1. The van der Waals surface area contributed by atoms with E-state index in [2.05, 4.69) is 35.6 Å². The van der Waals surface area contributed by atoms with E-state index in [0.717, 1.165) is 5.56 Å². The summed E-state index contributed by atoms with van der Waals surface area (Å²) in [6.45, 7) is 1.15. The number of hydrogen-bond donors (Lipinski definition) is 4. The van der Waals surface area contributed by atoms with E-state index in [1.165, 1.54) is 44.4 Å². The van der Waals surface area contributed by atoms with Crippen molar-refractivity contribution in [2.75, 3.05) is 45.8 Å². The van der Waals surface area contributed by atoms with Gasteiger partial charge in [0.05, 0.1) is 17.7 Å². The molecule has 0 unspecified atom stereocenters. The number of hydrazine groups is 1. The predicted molar refractivity (Wildman–Crippen MR) is 170 cm³/mol. The molecule has 0 radical (unpaired) electrons. The number of ether oxygens (including phenoxy) is 1. The third-order valence-corrected chi connectivity index (χ3v) is 8.29. The Morgan fingerprint density at radius 3 is 2.49 bits per heavy atom. The SMILES string of the molecule is COP(=O)(OC)OCCNC(=O)NCCC[C@@H](COC(=O)Nc1cc(-c2ccccc2)no1)N(NCc1cccc(F)c1Cl)C(C)=O. The number of hydrogen-bond acceptors (Lipinski definition) is 11. The van der Waals surface area contributed by atoms with Gasteiger partial charge in [0.1, 0.15) is 18.1 Å². The van der Waals surface area contributed by atoms with Crippen LogP contribution in [-0.4, -0.2) is 74.8 Å². The number of nitrogens with zero attached hydrogens (tertiary/aromatic N) is 2. The van der Waals surface area contributed by atoms with Gasteiger partial charge in [0, 0.05) is 52.4 Å². The van der Waals surface area contributed by atoms with Crippen molar-refractivity contribution >= 4 is 43.3 Å². The number of aromatic nitrogens is 1. The molecule has 0 aliphatic rings. The Bertz CT molecular complexity index is 1510. The summed E-state index contributed by atoms with van der Waals surface area (Å²) in [4.78, 5) is 37.5. The summed E-state index contributed by atoms with van der Waals surface area (Å²) in [7, 11) is -1.31. The summed E-state index contributed by atoms with van der Waals surface area (Å²) in [6.07, 6.45) is -0.226. The fourth-order valence-electron chi connectivity index (χ4n) is 4.13.